The third kappa shape index (κ3) is 2.91. The van der Waals surface area contributed by atoms with Crippen molar-refractivity contribution >= 4 is 22.6 Å². The van der Waals surface area contributed by atoms with E-state index in [1.165, 1.54) is 0 Å². The second-order valence-electron chi connectivity index (χ2n) is 6.89. The molecule has 22 heavy (non-hydrogen) atoms. The number of benzene rings is 1. The first kappa shape index (κ1) is 14.8. The molecule has 3 rings (SSSR count). The molecule has 4 heteroatoms. The van der Waals surface area contributed by atoms with E-state index in [1.807, 2.05) is 43.9 Å². The summed E-state index contributed by atoms with van der Waals surface area (Å²) in [4.78, 5) is 21.3. The van der Waals surface area contributed by atoms with Crippen LogP contribution in [0.2, 0.25) is 0 Å². The van der Waals surface area contributed by atoms with Gasteiger partial charge in [0.1, 0.15) is 5.82 Å². The molecule has 0 bridgehead atoms. The van der Waals surface area contributed by atoms with Crippen LogP contribution in [0.4, 0.5) is 5.82 Å². The summed E-state index contributed by atoms with van der Waals surface area (Å²) in [6.07, 6.45) is 0. The van der Waals surface area contributed by atoms with E-state index < -0.39 is 0 Å². The zero-order valence-corrected chi connectivity index (χ0v) is 13.5. The normalized spacial score (nSPS) is 16.1. The maximum absolute atomic E-state index is 12.3. The van der Waals surface area contributed by atoms with Gasteiger partial charge in [-0.2, -0.15) is 0 Å². The maximum atomic E-state index is 12.3. The van der Waals surface area contributed by atoms with Crippen LogP contribution in [0.15, 0.2) is 36.4 Å². The molecule has 2 aromatic rings. The van der Waals surface area contributed by atoms with Crippen LogP contribution in [0, 0.1) is 5.41 Å². The van der Waals surface area contributed by atoms with Crippen LogP contribution < -0.4 is 4.90 Å². The fourth-order valence-corrected chi connectivity index (χ4v) is 2.84. The summed E-state index contributed by atoms with van der Waals surface area (Å²) in [7, 11) is 0. The van der Waals surface area contributed by atoms with Gasteiger partial charge in [-0.15, -0.1) is 0 Å². The van der Waals surface area contributed by atoms with E-state index in [-0.39, 0.29) is 11.3 Å². The Labute approximate surface area is 131 Å². The molecular weight excluding hydrogens is 274 g/mol. The molecule has 0 unspecified atom stereocenters. The van der Waals surface area contributed by atoms with Gasteiger partial charge in [-0.1, -0.05) is 39.0 Å². The largest absolute Gasteiger partial charge is 0.353 e. The second-order valence-corrected chi connectivity index (χ2v) is 6.89. The molecule has 0 saturated carbocycles. The predicted octanol–water partition coefficient (Wildman–Crippen LogP) is 2.93. The fraction of sp³-hybridized carbons (Fsp3) is 0.444. The zero-order valence-electron chi connectivity index (χ0n) is 13.5. The number of hydrogen-bond acceptors (Lipinski definition) is 3. The number of aromatic nitrogens is 1. The first-order valence-corrected chi connectivity index (χ1v) is 7.85. The van der Waals surface area contributed by atoms with Crippen LogP contribution in [-0.2, 0) is 4.79 Å². The van der Waals surface area contributed by atoms with E-state index in [0.29, 0.717) is 0 Å². The van der Waals surface area contributed by atoms with Crippen LogP contribution in [0.5, 0.6) is 0 Å². The number of carbonyl (C=O) groups is 1. The predicted molar refractivity (Wildman–Crippen MR) is 90.0 cm³/mol. The van der Waals surface area contributed by atoms with Crippen LogP contribution in [-0.4, -0.2) is 42.0 Å². The summed E-state index contributed by atoms with van der Waals surface area (Å²) >= 11 is 0. The number of rotatable bonds is 1. The van der Waals surface area contributed by atoms with E-state index in [1.54, 1.807) is 0 Å². The van der Waals surface area contributed by atoms with Gasteiger partial charge in [-0.05, 0) is 18.2 Å². The Morgan fingerprint density at radius 1 is 1.00 bits per heavy atom. The minimum Gasteiger partial charge on any atom is -0.353 e. The summed E-state index contributed by atoms with van der Waals surface area (Å²) in [6.45, 7) is 9.15. The van der Waals surface area contributed by atoms with Gasteiger partial charge in [-0.3, -0.25) is 4.79 Å². The van der Waals surface area contributed by atoms with Crippen molar-refractivity contribution in [3.05, 3.63) is 36.4 Å². The maximum Gasteiger partial charge on any atom is 0.228 e. The van der Waals surface area contributed by atoms with Crippen LogP contribution in [0.25, 0.3) is 10.9 Å². The Kier molecular flexibility index (Phi) is 3.77. The molecule has 0 N–H and O–H groups in total. The number of nitrogens with zero attached hydrogens (tertiary/aromatic N) is 3. The van der Waals surface area contributed by atoms with Crippen LogP contribution >= 0.6 is 0 Å². The van der Waals surface area contributed by atoms with Crippen molar-refractivity contribution in [3.63, 3.8) is 0 Å². The van der Waals surface area contributed by atoms with Gasteiger partial charge < -0.3 is 9.80 Å². The Hall–Kier alpha value is -2.10. The minimum atomic E-state index is -0.302. The smallest absolute Gasteiger partial charge is 0.228 e. The molecule has 2 heterocycles. The molecule has 116 valence electrons. The van der Waals surface area contributed by atoms with Crippen molar-refractivity contribution in [2.75, 3.05) is 31.1 Å². The topological polar surface area (TPSA) is 36.4 Å². The van der Waals surface area contributed by atoms with Gasteiger partial charge >= 0.3 is 0 Å². The number of para-hydroxylation sites is 1. The van der Waals surface area contributed by atoms with Crippen molar-refractivity contribution in [2.45, 2.75) is 20.8 Å². The number of carbonyl (C=O) groups excluding carboxylic acids is 1. The first-order valence-electron chi connectivity index (χ1n) is 7.85. The average Bonchev–Trinajstić information content (AvgIpc) is 2.53. The molecule has 0 atom stereocenters. The number of anilines is 1. The third-order valence-corrected chi connectivity index (χ3v) is 4.12. The number of amides is 1. The van der Waals surface area contributed by atoms with Gasteiger partial charge in [0.2, 0.25) is 5.91 Å². The van der Waals surface area contributed by atoms with Crippen molar-refractivity contribution in [1.82, 2.24) is 9.88 Å². The minimum absolute atomic E-state index is 0.235. The standard InChI is InChI=1S/C18H23N3O/c1-18(2,3)17(22)21-12-10-20(11-13-21)16-9-8-14-6-4-5-7-15(14)19-16/h4-9H,10-13H2,1-3H3. The Balaban J connectivity index is 1.71. The van der Waals surface area contributed by atoms with Crippen molar-refractivity contribution < 1.29 is 4.79 Å². The summed E-state index contributed by atoms with van der Waals surface area (Å²) in [5, 5.41) is 1.16. The molecule has 1 saturated heterocycles. The molecule has 1 fully saturated rings. The SMILES string of the molecule is CC(C)(C)C(=O)N1CCN(c2ccc3ccccc3n2)CC1. The number of hydrogen-bond donors (Lipinski definition) is 0. The Morgan fingerprint density at radius 2 is 1.68 bits per heavy atom. The number of pyridine rings is 1. The summed E-state index contributed by atoms with van der Waals surface area (Å²) < 4.78 is 0. The van der Waals surface area contributed by atoms with Gasteiger partial charge in [-0.25, -0.2) is 4.98 Å². The van der Waals surface area contributed by atoms with Crippen molar-refractivity contribution in [1.29, 1.82) is 0 Å². The molecule has 0 spiro atoms. The third-order valence-electron chi connectivity index (χ3n) is 4.12. The van der Waals surface area contributed by atoms with Gasteiger partial charge in [0.05, 0.1) is 5.52 Å². The fourth-order valence-electron chi connectivity index (χ4n) is 2.84. The molecule has 1 aromatic carbocycles. The highest BCUT2D eigenvalue weighted by molar-refractivity contribution is 5.82. The summed E-state index contributed by atoms with van der Waals surface area (Å²) in [5.41, 5.74) is 0.719. The number of piperazine rings is 1. The van der Waals surface area contributed by atoms with E-state index in [9.17, 15) is 4.79 Å². The first-order chi connectivity index (χ1) is 10.4. The van der Waals surface area contributed by atoms with E-state index in [2.05, 4.69) is 23.1 Å². The lowest BCUT2D eigenvalue weighted by molar-refractivity contribution is -0.139. The Morgan fingerprint density at radius 3 is 2.36 bits per heavy atom. The highest BCUT2D eigenvalue weighted by atomic mass is 16.2. The van der Waals surface area contributed by atoms with Gasteiger partial charge in [0, 0.05) is 37.0 Å². The lowest BCUT2D eigenvalue weighted by Gasteiger charge is -2.38. The summed E-state index contributed by atoms with van der Waals surface area (Å²) in [5.74, 6) is 1.24. The van der Waals surface area contributed by atoms with E-state index in [4.69, 9.17) is 4.98 Å². The number of fused-ring (bicyclic) bond motifs is 1. The molecule has 1 aliphatic rings. The molecule has 1 amide bonds. The lowest BCUT2D eigenvalue weighted by Crippen LogP contribution is -2.51. The highest BCUT2D eigenvalue weighted by Gasteiger charge is 2.29. The zero-order chi connectivity index (χ0) is 15.7. The molecule has 1 aromatic heterocycles. The van der Waals surface area contributed by atoms with Crippen molar-refractivity contribution in [2.24, 2.45) is 5.41 Å². The van der Waals surface area contributed by atoms with Crippen molar-refractivity contribution in [3.8, 4) is 0 Å². The average molecular weight is 297 g/mol. The molecule has 0 radical (unpaired) electrons. The van der Waals surface area contributed by atoms with Gasteiger partial charge in [0.15, 0.2) is 0 Å². The van der Waals surface area contributed by atoms with Gasteiger partial charge in [0.25, 0.3) is 0 Å². The highest BCUT2D eigenvalue weighted by Crippen LogP contribution is 2.22. The van der Waals surface area contributed by atoms with Crippen LogP contribution in [0.1, 0.15) is 20.8 Å². The molecule has 0 aliphatic carbocycles. The molecular formula is C18H23N3O. The molecule has 4 nitrogen and oxygen atoms in total. The Bertz CT molecular complexity index is 682. The second kappa shape index (κ2) is 5.59. The lowest BCUT2D eigenvalue weighted by atomic mass is 9.94. The summed E-state index contributed by atoms with van der Waals surface area (Å²) in [6, 6.07) is 12.3. The monoisotopic (exact) mass is 297 g/mol. The van der Waals surface area contributed by atoms with Crippen LogP contribution in [0.3, 0.4) is 0 Å². The quantitative estimate of drug-likeness (QED) is 0.812. The van der Waals surface area contributed by atoms with E-state index >= 15 is 0 Å². The van der Waals surface area contributed by atoms with E-state index in [0.717, 1.165) is 42.9 Å². The molecule has 1 aliphatic heterocycles.